The molecule has 4 aromatic rings. The Morgan fingerprint density at radius 2 is 1.80 bits per heavy atom. The number of aryl methyl sites for hydroxylation is 1. The van der Waals surface area contributed by atoms with Gasteiger partial charge in [0, 0.05) is 36.8 Å². The molecule has 0 unspecified atom stereocenters. The summed E-state index contributed by atoms with van der Waals surface area (Å²) in [5.74, 6) is -3.24. The number of anilines is 1. The average Bonchev–Trinajstić information content (AvgIpc) is 2.97. The van der Waals surface area contributed by atoms with Gasteiger partial charge in [-0.15, -0.1) is 11.8 Å². The van der Waals surface area contributed by atoms with Crippen molar-refractivity contribution in [2.45, 2.75) is 70.9 Å². The number of nitrogens with zero attached hydrogens (tertiary/aromatic N) is 6. The van der Waals surface area contributed by atoms with E-state index in [1.54, 1.807) is 44.2 Å². The Morgan fingerprint density at radius 3 is 2.43 bits per heavy atom. The number of piperazine rings is 1. The minimum atomic E-state index is -1.24. The average molecular weight is 655 g/mol. The first kappa shape index (κ1) is 33.2. The number of pyridine rings is 2. The van der Waals surface area contributed by atoms with Gasteiger partial charge >= 0.3 is 11.8 Å². The first-order valence-corrected chi connectivity index (χ1v) is 16.2. The lowest BCUT2D eigenvalue weighted by molar-refractivity contribution is 0.0218. The second-order valence-corrected chi connectivity index (χ2v) is 13.5. The maximum absolute atomic E-state index is 16.1. The third-order valence-corrected chi connectivity index (χ3v) is 8.57. The highest BCUT2D eigenvalue weighted by atomic mass is 32.2. The van der Waals surface area contributed by atoms with Crippen LogP contribution >= 0.6 is 11.8 Å². The van der Waals surface area contributed by atoms with Gasteiger partial charge in [-0.1, -0.05) is 13.8 Å². The minimum Gasteiger partial charge on any atom is -0.444 e. The molecular weight excluding hydrogens is 617 g/mol. The second-order valence-electron chi connectivity index (χ2n) is 12.7. The van der Waals surface area contributed by atoms with Crippen LogP contribution < -0.4 is 10.6 Å². The molecule has 9 nitrogen and oxygen atoms in total. The lowest BCUT2D eigenvalue weighted by Crippen LogP contribution is -2.55. The van der Waals surface area contributed by atoms with Crippen molar-refractivity contribution in [3.05, 3.63) is 69.7 Å². The fourth-order valence-corrected chi connectivity index (χ4v) is 6.27. The third kappa shape index (κ3) is 6.16. The van der Waals surface area contributed by atoms with Crippen LogP contribution in [0.5, 0.6) is 0 Å². The Balaban J connectivity index is 1.77. The lowest BCUT2D eigenvalue weighted by atomic mass is 10.0. The number of hydrogen-bond acceptors (Lipinski definition) is 8. The molecule has 3 aromatic heterocycles. The molecule has 1 aliphatic heterocycles. The molecule has 4 heterocycles. The molecule has 1 saturated heterocycles. The summed E-state index contributed by atoms with van der Waals surface area (Å²) in [6.45, 7) is 13.7. The molecule has 1 amide bonds. The van der Waals surface area contributed by atoms with Crippen LogP contribution in [-0.4, -0.2) is 68.0 Å². The Morgan fingerprint density at radius 1 is 1.09 bits per heavy atom. The number of rotatable bonds is 5. The van der Waals surface area contributed by atoms with Crippen LogP contribution in [0.3, 0.4) is 0 Å². The number of carbonyl (C=O) groups is 1. The summed E-state index contributed by atoms with van der Waals surface area (Å²) in [5.41, 5.74) is -0.400. The van der Waals surface area contributed by atoms with Crippen molar-refractivity contribution in [1.29, 1.82) is 0 Å². The monoisotopic (exact) mass is 654 g/mol. The number of fused-ring (bicyclic) bond motifs is 1. The number of aromatic nitrogens is 4. The fraction of sp³-hybridized carbons (Fsp3) is 0.424. The highest BCUT2D eigenvalue weighted by Crippen LogP contribution is 2.38. The summed E-state index contributed by atoms with van der Waals surface area (Å²) in [7, 11) is 0. The van der Waals surface area contributed by atoms with Crippen molar-refractivity contribution in [3.63, 3.8) is 0 Å². The van der Waals surface area contributed by atoms with E-state index in [1.807, 2.05) is 32.6 Å². The topological polar surface area (TPSA) is 93.5 Å². The fourth-order valence-electron chi connectivity index (χ4n) is 5.67. The van der Waals surface area contributed by atoms with Crippen LogP contribution in [0.4, 0.5) is 23.8 Å². The van der Waals surface area contributed by atoms with Crippen molar-refractivity contribution in [2.24, 2.45) is 0 Å². The van der Waals surface area contributed by atoms with Gasteiger partial charge in [0.15, 0.2) is 23.1 Å². The molecule has 1 fully saturated rings. The predicted molar refractivity (Wildman–Crippen MR) is 173 cm³/mol. The summed E-state index contributed by atoms with van der Waals surface area (Å²) >= 11 is 1.12. The first-order valence-electron chi connectivity index (χ1n) is 15.0. The zero-order valence-electron chi connectivity index (χ0n) is 27.1. The van der Waals surface area contributed by atoms with Crippen molar-refractivity contribution in [3.8, 4) is 16.9 Å². The number of ether oxygens (including phenoxy) is 1. The van der Waals surface area contributed by atoms with Crippen LogP contribution in [0.25, 0.3) is 28.0 Å². The van der Waals surface area contributed by atoms with E-state index in [9.17, 15) is 14.0 Å². The largest absolute Gasteiger partial charge is 0.444 e. The molecule has 0 radical (unpaired) electrons. The van der Waals surface area contributed by atoms with Crippen LogP contribution in [0.1, 0.15) is 58.7 Å². The highest BCUT2D eigenvalue weighted by Gasteiger charge is 2.33. The van der Waals surface area contributed by atoms with E-state index in [1.165, 1.54) is 10.6 Å². The molecule has 0 aliphatic carbocycles. The standard InChI is InChI=1S/C33H37F3N6O3S/c1-17(2)26-28(18(3)11-12-37-26)42-30-20(15-22(35)27(38-30)24-23(46-8)10-9-21(34)25(24)36)29(39-31(42)43)41-14-13-40(16-19(41)4)32(44)45-33(5,6)7/h9-12,15,17,19H,13-14,16H2,1-8H3/t19-/m0/s1. The maximum Gasteiger partial charge on any atom is 0.410 e. The quantitative estimate of drug-likeness (QED) is 0.216. The number of amides is 1. The second kappa shape index (κ2) is 12.6. The van der Waals surface area contributed by atoms with Gasteiger partial charge in [-0.3, -0.25) is 4.98 Å². The van der Waals surface area contributed by atoms with Gasteiger partial charge in [0.2, 0.25) is 0 Å². The Labute approximate surface area is 269 Å². The van der Waals surface area contributed by atoms with Crippen LogP contribution in [-0.2, 0) is 4.74 Å². The Kier molecular flexibility index (Phi) is 9.09. The Hall–Kier alpha value is -4.13. The number of hydrogen-bond donors (Lipinski definition) is 0. The zero-order valence-corrected chi connectivity index (χ0v) is 27.9. The van der Waals surface area contributed by atoms with Gasteiger partial charge in [0.1, 0.15) is 17.1 Å². The lowest BCUT2D eigenvalue weighted by Gasteiger charge is -2.41. The van der Waals surface area contributed by atoms with E-state index in [0.717, 1.165) is 23.9 Å². The molecule has 1 aromatic carbocycles. The molecular formula is C33H37F3N6O3S. The van der Waals surface area contributed by atoms with E-state index in [0.29, 0.717) is 16.9 Å². The van der Waals surface area contributed by atoms with E-state index in [4.69, 9.17) is 4.74 Å². The number of halogens is 3. The molecule has 46 heavy (non-hydrogen) atoms. The van der Waals surface area contributed by atoms with Crippen molar-refractivity contribution in [1.82, 2.24) is 24.4 Å². The van der Waals surface area contributed by atoms with Crippen molar-refractivity contribution in [2.75, 3.05) is 30.8 Å². The zero-order chi connectivity index (χ0) is 33.7. The van der Waals surface area contributed by atoms with Gasteiger partial charge in [-0.25, -0.2) is 32.3 Å². The number of thioether (sulfide) groups is 1. The van der Waals surface area contributed by atoms with E-state index in [-0.39, 0.29) is 58.9 Å². The minimum absolute atomic E-state index is 0.0156. The van der Waals surface area contributed by atoms with Gasteiger partial charge in [-0.2, -0.15) is 4.98 Å². The molecule has 1 atom stereocenters. The summed E-state index contributed by atoms with van der Waals surface area (Å²) in [6.07, 6.45) is 2.85. The summed E-state index contributed by atoms with van der Waals surface area (Å²) < 4.78 is 52.8. The molecule has 0 bridgehead atoms. The normalized spacial score (nSPS) is 15.6. The van der Waals surface area contributed by atoms with Gasteiger partial charge in [0.05, 0.1) is 22.3 Å². The molecule has 0 saturated carbocycles. The van der Waals surface area contributed by atoms with Gasteiger partial charge in [-0.05, 0) is 76.6 Å². The van der Waals surface area contributed by atoms with Crippen LogP contribution in [0.15, 0.2) is 40.2 Å². The summed E-state index contributed by atoms with van der Waals surface area (Å²) in [4.78, 5) is 44.1. The smallest absolute Gasteiger partial charge is 0.410 e. The SMILES string of the molecule is CSc1ccc(F)c(F)c1-c1nc2c(cc1F)c(N1CCN(C(=O)OC(C)(C)C)C[C@@H]1C)nc(=O)n2-c1c(C)ccnc1C(C)C. The first-order chi connectivity index (χ1) is 21.6. The van der Waals surface area contributed by atoms with E-state index in [2.05, 4.69) is 15.0 Å². The van der Waals surface area contributed by atoms with E-state index < -0.39 is 40.5 Å². The van der Waals surface area contributed by atoms with Crippen molar-refractivity contribution >= 4 is 34.7 Å². The molecule has 0 N–H and O–H groups in total. The van der Waals surface area contributed by atoms with Gasteiger partial charge in [0.25, 0.3) is 0 Å². The highest BCUT2D eigenvalue weighted by molar-refractivity contribution is 7.98. The van der Waals surface area contributed by atoms with E-state index >= 15 is 8.78 Å². The third-order valence-electron chi connectivity index (χ3n) is 7.79. The van der Waals surface area contributed by atoms with Crippen molar-refractivity contribution < 1.29 is 22.7 Å². The summed E-state index contributed by atoms with van der Waals surface area (Å²) in [6, 6.07) is 4.91. The predicted octanol–water partition coefficient (Wildman–Crippen LogP) is 6.86. The maximum atomic E-state index is 16.1. The molecule has 0 spiro atoms. The number of carbonyl (C=O) groups excluding carboxylic acids is 1. The molecule has 244 valence electrons. The van der Waals surface area contributed by atoms with Crippen LogP contribution in [0.2, 0.25) is 0 Å². The molecule has 13 heteroatoms. The molecule has 1 aliphatic rings. The molecule has 5 rings (SSSR count). The van der Waals surface area contributed by atoms with Gasteiger partial charge < -0.3 is 14.5 Å². The summed E-state index contributed by atoms with van der Waals surface area (Å²) in [5, 5.41) is 0.193. The number of benzene rings is 1. The Bertz CT molecular complexity index is 1890. The van der Waals surface area contributed by atoms with Crippen LogP contribution in [0, 0.1) is 24.4 Å².